The van der Waals surface area contributed by atoms with Crippen LogP contribution in [0, 0.1) is 0 Å². The van der Waals surface area contributed by atoms with Crippen LogP contribution in [0.1, 0.15) is 25.7 Å². The highest BCUT2D eigenvalue weighted by Gasteiger charge is 2.34. The molecule has 6 nitrogen and oxygen atoms in total. The highest BCUT2D eigenvalue weighted by molar-refractivity contribution is 8.01. The molecule has 1 atom stereocenters. The van der Waals surface area contributed by atoms with Crippen LogP contribution in [0.3, 0.4) is 0 Å². The number of rotatable bonds is 6. The lowest BCUT2D eigenvalue weighted by molar-refractivity contribution is -0.180. The number of nitrogens with zero attached hydrogens (tertiary/aromatic N) is 3. The van der Waals surface area contributed by atoms with Gasteiger partial charge in [0.2, 0.25) is 0 Å². The van der Waals surface area contributed by atoms with Crippen molar-refractivity contribution in [3.63, 3.8) is 0 Å². The average molecular weight is 349 g/mol. The van der Waals surface area contributed by atoms with Crippen molar-refractivity contribution in [2.24, 2.45) is 0 Å². The number of hydrogen-bond acceptors (Lipinski definition) is 6. The van der Waals surface area contributed by atoms with Gasteiger partial charge in [-0.1, -0.05) is 30.3 Å². The van der Waals surface area contributed by atoms with Gasteiger partial charge < -0.3 is 14.6 Å². The first-order chi connectivity index (χ1) is 11.5. The van der Waals surface area contributed by atoms with Crippen molar-refractivity contribution in [2.75, 3.05) is 13.2 Å². The Morgan fingerprint density at radius 1 is 1.29 bits per heavy atom. The fourth-order valence-corrected chi connectivity index (χ4v) is 3.97. The van der Waals surface area contributed by atoms with Crippen LogP contribution in [-0.2, 0) is 16.0 Å². The van der Waals surface area contributed by atoms with Gasteiger partial charge >= 0.3 is 0 Å². The van der Waals surface area contributed by atoms with Crippen molar-refractivity contribution in [3.05, 3.63) is 48.5 Å². The zero-order valence-corrected chi connectivity index (χ0v) is 14.7. The maximum absolute atomic E-state index is 10.5. The molecular formula is C17H23N3O3S. The Morgan fingerprint density at radius 2 is 2.00 bits per heavy atom. The Labute approximate surface area is 146 Å². The van der Waals surface area contributed by atoms with Crippen LogP contribution < -0.4 is 0 Å². The molecule has 24 heavy (non-hydrogen) atoms. The van der Waals surface area contributed by atoms with Crippen LogP contribution in [0.15, 0.2) is 43.0 Å². The fourth-order valence-electron chi connectivity index (χ4n) is 2.59. The molecule has 1 saturated heterocycles. The average Bonchev–Trinajstić information content (AvgIpc) is 3.09. The molecule has 3 rings (SSSR count). The van der Waals surface area contributed by atoms with Crippen molar-refractivity contribution in [3.8, 4) is 0 Å². The fraction of sp³-hybridized carbons (Fsp3) is 0.529. The third-order valence-electron chi connectivity index (χ3n) is 4.04. The summed E-state index contributed by atoms with van der Waals surface area (Å²) >= 11 is 1.69. The predicted octanol–water partition coefficient (Wildman–Crippen LogP) is 2.26. The van der Waals surface area contributed by atoms with Crippen LogP contribution in [0.5, 0.6) is 0 Å². The van der Waals surface area contributed by atoms with Crippen LogP contribution in [0.2, 0.25) is 0 Å². The summed E-state index contributed by atoms with van der Waals surface area (Å²) in [5.41, 5.74) is 1.03. The van der Waals surface area contributed by atoms with Crippen molar-refractivity contribution in [2.45, 2.75) is 42.8 Å². The van der Waals surface area contributed by atoms with Crippen molar-refractivity contribution in [1.82, 2.24) is 14.8 Å². The molecule has 1 fully saturated rings. The predicted molar refractivity (Wildman–Crippen MR) is 92.6 cm³/mol. The van der Waals surface area contributed by atoms with Gasteiger partial charge in [-0.3, -0.25) is 4.68 Å². The van der Waals surface area contributed by atoms with Crippen LogP contribution in [0.4, 0.5) is 0 Å². The van der Waals surface area contributed by atoms with E-state index in [-0.39, 0.29) is 16.3 Å². The third kappa shape index (κ3) is 4.36. The number of aliphatic hydroxyl groups excluding tert-OH is 1. The molecule has 130 valence electrons. The standard InChI is InChI=1S/C17H23N3O3S/c1-17(2,15(21)8-20-12-18-11-19-20)24-14-9-22-16(23-10-14)13-6-4-3-5-7-13/h3-7,11-12,14-16,21H,8-10H2,1-2H3/t14?,15-,16?/m0/s1. The molecule has 0 radical (unpaired) electrons. The molecule has 2 heterocycles. The van der Waals surface area contributed by atoms with E-state index in [0.717, 1.165) is 5.56 Å². The molecule has 1 aliphatic rings. The maximum atomic E-state index is 10.5. The number of hydrogen-bond donors (Lipinski definition) is 1. The van der Waals surface area contributed by atoms with E-state index in [1.807, 2.05) is 44.2 Å². The highest BCUT2D eigenvalue weighted by atomic mass is 32.2. The van der Waals surface area contributed by atoms with Gasteiger partial charge in [0.1, 0.15) is 12.7 Å². The molecule has 0 amide bonds. The van der Waals surface area contributed by atoms with Crippen LogP contribution in [-0.4, -0.2) is 49.2 Å². The number of aromatic nitrogens is 3. The van der Waals surface area contributed by atoms with Crippen molar-refractivity contribution < 1.29 is 14.6 Å². The summed E-state index contributed by atoms with van der Waals surface area (Å²) in [6.07, 6.45) is 2.24. The van der Waals surface area contributed by atoms with E-state index in [2.05, 4.69) is 10.1 Å². The Morgan fingerprint density at radius 3 is 2.62 bits per heavy atom. The van der Waals surface area contributed by atoms with E-state index in [0.29, 0.717) is 19.8 Å². The monoisotopic (exact) mass is 349 g/mol. The Bertz CT molecular complexity index is 613. The van der Waals surface area contributed by atoms with Gasteiger partial charge in [0, 0.05) is 10.3 Å². The van der Waals surface area contributed by atoms with E-state index in [4.69, 9.17) is 9.47 Å². The van der Waals surface area contributed by atoms with Gasteiger partial charge in [0.15, 0.2) is 6.29 Å². The molecule has 0 bridgehead atoms. The smallest absolute Gasteiger partial charge is 0.183 e. The van der Waals surface area contributed by atoms with Gasteiger partial charge in [0.25, 0.3) is 0 Å². The quantitative estimate of drug-likeness (QED) is 0.863. The van der Waals surface area contributed by atoms with Crippen LogP contribution in [0.25, 0.3) is 0 Å². The molecule has 7 heteroatoms. The van der Waals surface area contributed by atoms with Crippen molar-refractivity contribution in [1.29, 1.82) is 0 Å². The second-order valence-corrected chi connectivity index (χ2v) is 8.34. The number of thioether (sulfide) groups is 1. The first-order valence-electron chi connectivity index (χ1n) is 8.01. The van der Waals surface area contributed by atoms with E-state index >= 15 is 0 Å². The summed E-state index contributed by atoms with van der Waals surface area (Å²) in [6, 6.07) is 9.94. The Hall–Kier alpha value is -1.41. The zero-order chi connectivity index (χ0) is 17.0. The molecule has 1 aromatic heterocycles. The molecule has 1 aromatic carbocycles. The molecule has 0 unspecified atom stereocenters. The summed E-state index contributed by atoms with van der Waals surface area (Å²) in [5, 5.41) is 14.8. The molecule has 1 aliphatic heterocycles. The van der Waals surface area contributed by atoms with E-state index in [1.165, 1.54) is 6.33 Å². The van der Waals surface area contributed by atoms with Gasteiger partial charge in [-0.05, 0) is 13.8 Å². The van der Waals surface area contributed by atoms with Gasteiger partial charge in [-0.15, -0.1) is 11.8 Å². The molecule has 0 aliphatic carbocycles. The Kier molecular flexibility index (Phi) is 5.55. The molecule has 2 aromatic rings. The number of benzene rings is 1. The topological polar surface area (TPSA) is 69.4 Å². The number of aliphatic hydroxyl groups is 1. The lowest BCUT2D eigenvalue weighted by Crippen LogP contribution is -2.41. The second kappa shape index (κ2) is 7.65. The summed E-state index contributed by atoms with van der Waals surface area (Å²) in [5.74, 6) is 0. The maximum Gasteiger partial charge on any atom is 0.183 e. The van der Waals surface area contributed by atoms with E-state index in [9.17, 15) is 5.11 Å². The summed E-state index contributed by atoms with van der Waals surface area (Å²) < 4.78 is 13.0. The Balaban J connectivity index is 1.51. The molecule has 0 spiro atoms. The van der Waals surface area contributed by atoms with Gasteiger partial charge in [-0.2, -0.15) is 5.10 Å². The minimum atomic E-state index is -0.545. The lowest BCUT2D eigenvalue weighted by atomic mass is 10.1. The lowest BCUT2D eigenvalue weighted by Gasteiger charge is -2.36. The highest BCUT2D eigenvalue weighted by Crippen LogP contribution is 2.36. The minimum absolute atomic E-state index is 0.186. The first-order valence-corrected chi connectivity index (χ1v) is 8.89. The molecule has 1 N–H and O–H groups in total. The van der Waals surface area contributed by atoms with Gasteiger partial charge in [0.05, 0.1) is 31.1 Å². The summed E-state index contributed by atoms with van der Waals surface area (Å²) in [6.45, 7) is 5.68. The number of ether oxygens (including phenoxy) is 2. The third-order valence-corrected chi connectivity index (χ3v) is 5.52. The molecular weight excluding hydrogens is 326 g/mol. The minimum Gasteiger partial charge on any atom is -0.390 e. The van der Waals surface area contributed by atoms with Gasteiger partial charge in [-0.25, -0.2) is 4.98 Å². The van der Waals surface area contributed by atoms with E-state index < -0.39 is 6.10 Å². The SMILES string of the molecule is CC(C)(SC1COC(c2ccccc2)OC1)[C@@H](O)Cn1cncn1. The summed E-state index contributed by atoms with van der Waals surface area (Å²) in [7, 11) is 0. The van der Waals surface area contributed by atoms with E-state index in [1.54, 1.807) is 22.8 Å². The first kappa shape index (κ1) is 17.4. The van der Waals surface area contributed by atoms with Crippen molar-refractivity contribution >= 4 is 11.8 Å². The molecule has 0 saturated carbocycles. The van der Waals surface area contributed by atoms with Crippen LogP contribution >= 0.6 is 11.8 Å². The zero-order valence-electron chi connectivity index (χ0n) is 13.9. The second-order valence-electron chi connectivity index (χ2n) is 6.39. The normalized spacial score (nSPS) is 23.1. The largest absolute Gasteiger partial charge is 0.390 e. The summed E-state index contributed by atoms with van der Waals surface area (Å²) in [4.78, 5) is 3.90.